The monoisotopic (exact) mass is 276 g/mol. The number of hydrogen-bond acceptors (Lipinski definition) is 4. The standard InChI is InChI=1S/C15H20N2O3/c18-15(13-7-14(20-16-13)10-1-2-10)17-5-3-11(8-17)12-4-6-19-9-12/h7,10-12H,1-6,8-9H2. The van der Waals surface area contributed by atoms with Gasteiger partial charge in [0.2, 0.25) is 0 Å². The molecule has 0 bridgehead atoms. The Labute approximate surface area is 118 Å². The molecule has 1 saturated carbocycles. The van der Waals surface area contributed by atoms with Crippen molar-refractivity contribution in [3.63, 3.8) is 0 Å². The molecule has 0 radical (unpaired) electrons. The molecule has 2 atom stereocenters. The number of ether oxygens (including phenoxy) is 1. The van der Waals surface area contributed by atoms with Crippen molar-refractivity contribution in [3.8, 4) is 0 Å². The lowest BCUT2D eigenvalue weighted by atomic mass is 9.91. The number of rotatable bonds is 3. The fourth-order valence-electron chi connectivity index (χ4n) is 3.39. The first-order valence-corrected chi connectivity index (χ1v) is 7.65. The number of nitrogens with zero attached hydrogens (tertiary/aromatic N) is 2. The second-order valence-corrected chi connectivity index (χ2v) is 6.31. The van der Waals surface area contributed by atoms with Crippen LogP contribution < -0.4 is 0 Å². The van der Waals surface area contributed by atoms with Crippen LogP contribution in [0.15, 0.2) is 10.6 Å². The molecule has 3 fully saturated rings. The Bertz CT molecular complexity index is 503. The molecule has 1 aliphatic carbocycles. The van der Waals surface area contributed by atoms with Gasteiger partial charge in [-0.05, 0) is 37.5 Å². The highest BCUT2D eigenvalue weighted by molar-refractivity contribution is 5.92. The minimum absolute atomic E-state index is 0.0297. The van der Waals surface area contributed by atoms with E-state index in [4.69, 9.17) is 9.26 Å². The van der Waals surface area contributed by atoms with Gasteiger partial charge < -0.3 is 14.2 Å². The van der Waals surface area contributed by atoms with Crippen LogP contribution >= 0.6 is 0 Å². The zero-order valence-corrected chi connectivity index (χ0v) is 11.6. The number of carbonyl (C=O) groups is 1. The summed E-state index contributed by atoms with van der Waals surface area (Å²) < 4.78 is 10.7. The first-order chi connectivity index (χ1) is 9.81. The topological polar surface area (TPSA) is 55.6 Å². The van der Waals surface area contributed by atoms with Crippen LogP contribution in [0.4, 0.5) is 0 Å². The van der Waals surface area contributed by atoms with Gasteiger partial charge >= 0.3 is 0 Å². The lowest BCUT2D eigenvalue weighted by Gasteiger charge is -2.18. The molecule has 20 heavy (non-hydrogen) atoms. The van der Waals surface area contributed by atoms with Gasteiger partial charge in [-0.2, -0.15) is 0 Å². The molecule has 2 saturated heterocycles. The number of amides is 1. The van der Waals surface area contributed by atoms with Gasteiger partial charge in [-0.25, -0.2) is 0 Å². The van der Waals surface area contributed by atoms with E-state index in [1.807, 2.05) is 11.0 Å². The molecule has 1 aromatic rings. The van der Waals surface area contributed by atoms with E-state index in [-0.39, 0.29) is 5.91 Å². The average Bonchev–Trinajstić information content (AvgIpc) is 2.97. The van der Waals surface area contributed by atoms with Crippen LogP contribution in [-0.2, 0) is 4.74 Å². The zero-order valence-electron chi connectivity index (χ0n) is 11.6. The summed E-state index contributed by atoms with van der Waals surface area (Å²) in [6.45, 7) is 3.43. The van der Waals surface area contributed by atoms with Crippen LogP contribution in [0, 0.1) is 11.8 Å². The van der Waals surface area contributed by atoms with Crippen LogP contribution in [0.1, 0.15) is 47.8 Å². The summed E-state index contributed by atoms with van der Waals surface area (Å²) in [5, 5.41) is 3.95. The van der Waals surface area contributed by atoms with Gasteiger partial charge in [0.15, 0.2) is 5.69 Å². The summed E-state index contributed by atoms with van der Waals surface area (Å²) in [5.41, 5.74) is 0.482. The van der Waals surface area contributed by atoms with Gasteiger partial charge in [0.25, 0.3) is 5.91 Å². The van der Waals surface area contributed by atoms with Gasteiger partial charge in [-0.1, -0.05) is 5.16 Å². The van der Waals surface area contributed by atoms with E-state index >= 15 is 0 Å². The zero-order chi connectivity index (χ0) is 13.5. The maximum Gasteiger partial charge on any atom is 0.276 e. The van der Waals surface area contributed by atoms with Gasteiger partial charge in [-0.3, -0.25) is 4.79 Å². The van der Waals surface area contributed by atoms with E-state index in [1.54, 1.807) is 0 Å². The average molecular weight is 276 g/mol. The molecule has 0 N–H and O–H groups in total. The van der Waals surface area contributed by atoms with Crippen LogP contribution in [0.2, 0.25) is 0 Å². The van der Waals surface area contributed by atoms with E-state index in [0.717, 1.165) is 57.7 Å². The molecule has 1 amide bonds. The summed E-state index contributed by atoms with van der Waals surface area (Å²) in [5.74, 6) is 2.64. The third-order valence-corrected chi connectivity index (χ3v) is 4.87. The van der Waals surface area contributed by atoms with Crippen LogP contribution in [-0.4, -0.2) is 42.3 Å². The Hall–Kier alpha value is -1.36. The highest BCUT2D eigenvalue weighted by Crippen LogP contribution is 2.40. The van der Waals surface area contributed by atoms with Crippen LogP contribution in [0.25, 0.3) is 0 Å². The third-order valence-electron chi connectivity index (χ3n) is 4.87. The van der Waals surface area contributed by atoms with E-state index in [2.05, 4.69) is 5.16 Å². The minimum atomic E-state index is 0.0297. The summed E-state index contributed by atoms with van der Waals surface area (Å²) in [6.07, 6.45) is 4.56. The van der Waals surface area contributed by atoms with Crippen LogP contribution in [0.5, 0.6) is 0 Å². The molecule has 1 aromatic heterocycles. The Balaban J connectivity index is 1.40. The first kappa shape index (κ1) is 12.4. The largest absolute Gasteiger partial charge is 0.381 e. The Morgan fingerprint density at radius 1 is 1.25 bits per heavy atom. The quantitative estimate of drug-likeness (QED) is 0.848. The smallest absolute Gasteiger partial charge is 0.276 e. The molecule has 2 aliphatic heterocycles. The summed E-state index contributed by atoms with van der Waals surface area (Å²) in [6, 6.07) is 1.84. The first-order valence-electron chi connectivity index (χ1n) is 7.65. The lowest BCUT2D eigenvalue weighted by Crippen LogP contribution is -2.30. The molecule has 0 spiro atoms. The van der Waals surface area contributed by atoms with E-state index in [1.165, 1.54) is 0 Å². The maximum atomic E-state index is 12.4. The highest BCUT2D eigenvalue weighted by atomic mass is 16.5. The molecule has 5 nitrogen and oxygen atoms in total. The molecule has 108 valence electrons. The van der Waals surface area contributed by atoms with Gasteiger partial charge in [-0.15, -0.1) is 0 Å². The molecular weight excluding hydrogens is 256 g/mol. The van der Waals surface area contributed by atoms with Crippen molar-refractivity contribution in [1.82, 2.24) is 10.1 Å². The number of hydrogen-bond donors (Lipinski definition) is 0. The lowest BCUT2D eigenvalue weighted by molar-refractivity contribution is 0.0770. The summed E-state index contributed by atoms with van der Waals surface area (Å²) in [7, 11) is 0. The third kappa shape index (κ3) is 2.24. The number of likely N-dealkylation sites (tertiary alicyclic amines) is 1. The molecule has 4 rings (SSSR count). The molecule has 3 heterocycles. The second kappa shape index (κ2) is 4.88. The molecular formula is C15H20N2O3. The number of aromatic nitrogens is 1. The summed E-state index contributed by atoms with van der Waals surface area (Å²) in [4.78, 5) is 14.4. The van der Waals surface area contributed by atoms with Crippen molar-refractivity contribution in [2.75, 3.05) is 26.3 Å². The van der Waals surface area contributed by atoms with Crippen molar-refractivity contribution in [3.05, 3.63) is 17.5 Å². The van der Waals surface area contributed by atoms with Crippen molar-refractivity contribution in [1.29, 1.82) is 0 Å². The minimum Gasteiger partial charge on any atom is -0.381 e. The highest BCUT2D eigenvalue weighted by Gasteiger charge is 2.35. The Morgan fingerprint density at radius 2 is 2.15 bits per heavy atom. The predicted octanol–water partition coefficient (Wildman–Crippen LogP) is 2.05. The molecule has 3 aliphatic rings. The normalized spacial score (nSPS) is 30.1. The molecule has 2 unspecified atom stereocenters. The van der Waals surface area contributed by atoms with E-state index in [0.29, 0.717) is 23.4 Å². The SMILES string of the molecule is O=C(c1cc(C2CC2)on1)N1CCC(C2CCOC2)C1. The molecule has 5 heteroatoms. The van der Waals surface area contributed by atoms with Crippen LogP contribution in [0.3, 0.4) is 0 Å². The van der Waals surface area contributed by atoms with Crippen molar-refractivity contribution < 1.29 is 14.1 Å². The van der Waals surface area contributed by atoms with Crippen molar-refractivity contribution >= 4 is 5.91 Å². The predicted molar refractivity (Wildman–Crippen MR) is 71.4 cm³/mol. The van der Waals surface area contributed by atoms with Crippen molar-refractivity contribution in [2.24, 2.45) is 11.8 Å². The Kier molecular flexibility index (Phi) is 3.02. The number of carbonyl (C=O) groups excluding carboxylic acids is 1. The van der Waals surface area contributed by atoms with Gasteiger partial charge in [0.1, 0.15) is 5.76 Å². The second-order valence-electron chi connectivity index (χ2n) is 6.31. The fraction of sp³-hybridized carbons (Fsp3) is 0.733. The van der Waals surface area contributed by atoms with Gasteiger partial charge in [0.05, 0.1) is 0 Å². The van der Waals surface area contributed by atoms with Gasteiger partial charge in [0, 0.05) is 38.3 Å². The fourth-order valence-corrected chi connectivity index (χ4v) is 3.39. The summed E-state index contributed by atoms with van der Waals surface area (Å²) >= 11 is 0. The molecule has 0 aromatic carbocycles. The maximum absolute atomic E-state index is 12.4. The Morgan fingerprint density at radius 3 is 2.90 bits per heavy atom. The van der Waals surface area contributed by atoms with E-state index < -0.39 is 0 Å². The van der Waals surface area contributed by atoms with Crippen molar-refractivity contribution in [2.45, 2.75) is 31.6 Å². The van der Waals surface area contributed by atoms with E-state index in [9.17, 15) is 4.79 Å².